The maximum Gasteiger partial charge on any atom is 0.101 e. The largest absolute Gasteiger partial charge is 0.399 e. The Morgan fingerprint density at radius 3 is 2.63 bits per heavy atom. The predicted molar refractivity (Wildman–Crippen MR) is 78.8 cm³/mol. The van der Waals surface area contributed by atoms with Crippen molar-refractivity contribution in [3.8, 4) is 6.07 Å². The van der Waals surface area contributed by atoms with E-state index in [4.69, 9.17) is 11.0 Å². The summed E-state index contributed by atoms with van der Waals surface area (Å²) >= 11 is 0. The first-order chi connectivity index (χ1) is 9.11. The first-order valence-corrected chi connectivity index (χ1v) is 6.23. The molecule has 3 N–H and O–H groups in total. The fourth-order valence-electron chi connectivity index (χ4n) is 2.08. The van der Waals surface area contributed by atoms with Crippen molar-refractivity contribution in [3.05, 3.63) is 59.2 Å². The van der Waals surface area contributed by atoms with Gasteiger partial charge in [0.1, 0.15) is 6.07 Å². The highest BCUT2D eigenvalue weighted by atomic mass is 14.9. The second kappa shape index (κ2) is 5.45. The Bertz CT molecular complexity index is 626. The summed E-state index contributed by atoms with van der Waals surface area (Å²) in [5.74, 6) is 0. The summed E-state index contributed by atoms with van der Waals surface area (Å²) in [7, 11) is 0. The van der Waals surface area contributed by atoms with Crippen LogP contribution in [0.1, 0.15) is 29.7 Å². The number of hydrogen-bond donors (Lipinski definition) is 2. The number of aryl methyl sites for hydroxylation is 1. The first-order valence-electron chi connectivity index (χ1n) is 6.23. The molecular formula is C16H17N3. The van der Waals surface area contributed by atoms with E-state index in [1.807, 2.05) is 49.4 Å². The number of benzene rings is 2. The van der Waals surface area contributed by atoms with Gasteiger partial charge in [-0.05, 0) is 43.2 Å². The van der Waals surface area contributed by atoms with Crippen molar-refractivity contribution in [2.24, 2.45) is 0 Å². The SMILES string of the molecule is Cc1cccc(C#N)c1NC(C)c1cccc(N)c1. The third kappa shape index (κ3) is 2.86. The Kier molecular flexibility index (Phi) is 3.72. The third-order valence-corrected chi connectivity index (χ3v) is 3.16. The summed E-state index contributed by atoms with van der Waals surface area (Å²) in [4.78, 5) is 0. The molecule has 0 radical (unpaired) electrons. The number of nitrogens with two attached hydrogens (primary N) is 1. The van der Waals surface area contributed by atoms with E-state index < -0.39 is 0 Å². The van der Waals surface area contributed by atoms with Gasteiger partial charge in [-0.25, -0.2) is 0 Å². The molecule has 1 unspecified atom stereocenters. The van der Waals surface area contributed by atoms with E-state index in [2.05, 4.69) is 18.3 Å². The van der Waals surface area contributed by atoms with E-state index in [1.165, 1.54) is 0 Å². The number of nitrogen functional groups attached to an aromatic ring is 1. The number of para-hydroxylation sites is 1. The zero-order valence-electron chi connectivity index (χ0n) is 11.1. The third-order valence-electron chi connectivity index (χ3n) is 3.16. The van der Waals surface area contributed by atoms with Gasteiger partial charge in [-0.15, -0.1) is 0 Å². The molecule has 2 rings (SSSR count). The zero-order chi connectivity index (χ0) is 13.8. The second-order valence-electron chi connectivity index (χ2n) is 4.65. The molecule has 0 spiro atoms. The molecule has 0 heterocycles. The van der Waals surface area contributed by atoms with Gasteiger partial charge in [-0.3, -0.25) is 0 Å². The Hall–Kier alpha value is -2.47. The maximum absolute atomic E-state index is 9.16. The van der Waals surface area contributed by atoms with Crippen LogP contribution < -0.4 is 11.1 Å². The van der Waals surface area contributed by atoms with Crippen LogP contribution in [-0.4, -0.2) is 0 Å². The van der Waals surface area contributed by atoms with Crippen LogP contribution in [0, 0.1) is 18.3 Å². The van der Waals surface area contributed by atoms with Gasteiger partial charge in [0.2, 0.25) is 0 Å². The molecule has 96 valence electrons. The summed E-state index contributed by atoms with van der Waals surface area (Å²) < 4.78 is 0. The van der Waals surface area contributed by atoms with E-state index in [0.29, 0.717) is 5.56 Å². The van der Waals surface area contributed by atoms with Crippen molar-refractivity contribution >= 4 is 11.4 Å². The summed E-state index contributed by atoms with van der Waals surface area (Å²) in [5.41, 5.74) is 10.3. The highest BCUT2D eigenvalue weighted by Gasteiger charge is 2.10. The van der Waals surface area contributed by atoms with Gasteiger partial charge in [-0.2, -0.15) is 5.26 Å². The number of nitrogens with zero attached hydrogens (tertiary/aromatic N) is 1. The van der Waals surface area contributed by atoms with Crippen LogP contribution in [0.15, 0.2) is 42.5 Å². The van der Waals surface area contributed by atoms with Crippen LogP contribution in [0.25, 0.3) is 0 Å². The summed E-state index contributed by atoms with van der Waals surface area (Å²) in [5, 5.41) is 12.6. The van der Waals surface area contributed by atoms with Crippen molar-refractivity contribution in [1.29, 1.82) is 5.26 Å². The molecule has 3 heteroatoms. The summed E-state index contributed by atoms with van der Waals surface area (Å²) in [6, 6.07) is 15.8. The topological polar surface area (TPSA) is 61.8 Å². The molecule has 0 aliphatic heterocycles. The molecule has 0 amide bonds. The van der Waals surface area contributed by atoms with Gasteiger partial charge in [0.25, 0.3) is 0 Å². The highest BCUT2D eigenvalue weighted by molar-refractivity contribution is 5.63. The van der Waals surface area contributed by atoms with E-state index in [-0.39, 0.29) is 6.04 Å². The highest BCUT2D eigenvalue weighted by Crippen LogP contribution is 2.26. The molecule has 0 saturated heterocycles. The minimum atomic E-state index is 0.0942. The minimum Gasteiger partial charge on any atom is -0.399 e. The lowest BCUT2D eigenvalue weighted by atomic mass is 10.0. The molecule has 0 aliphatic rings. The molecule has 2 aromatic carbocycles. The molecule has 2 aromatic rings. The quantitative estimate of drug-likeness (QED) is 0.819. The lowest BCUT2D eigenvalue weighted by Crippen LogP contribution is -2.09. The van der Waals surface area contributed by atoms with Crippen LogP contribution >= 0.6 is 0 Å². The Morgan fingerprint density at radius 1 is 1.21 bits per heavy atom. The normalized spacial score (nSPS) is 11.6. The number of hydrogen-bond acceptors (Lipinski definition) is 3. The summed E-state index contributed by atoms with van der Waals surface area (Å²) in [6.45, 7) is 4.05. The van der Waals surface area contributed by atoms with Crippen LogP contribution in [0.2, 0.25) is 0 Å². The Morgan fingerprint density at radius 2 is 1.95 bits per heavy atom. The van der Waals surface area contributed by atoms with E-state index in [9.17, 15) is 0 Å². The molecule has 0 fully saturated rings. The van der Waals surface area contributed by atoms with Gasteiger partial charge < -0.3 is 11.1 Å². The van der Waals surface area contributed by atoms with Gasteiger partial charge in [-0.1, -0.05) is 24.3 Å². The standard InChI is InChI=1S/C16H17N3/c1-11-5-3-7-14(10-17)16(11)19-12(2)13-6-4-8-15(18)9-13/h3-9,12,19H,18H2,1-2H3. The average molecular weight is 251 g/mol. The first kappa shape index (κ1) is 13.0. The zero-order valence-corrected chi connectivity index (χ0v) is 11.1. The molecular weight excluding hydrogens is 234 g/mol. The summed E-state index contributed by atoms with van der Waals surface area (Å²) in [6.07, 6.45) is 0. The van der Waals surface area contributed by atoms with Gasteiger partial charge in [0, 0.05) is 11.7 Å². The number of rotatable bonds is 3. The van der Waals surface area contributed by atoms with Crippen molar-refractivity contribution in [3.63, 3.8) is 0 Å². The van der Waals surface area contributed by atoms with E-state index in [1.54, 1.807) is 0 Å². The van der Waals surface area contributed by atoms with Crippen molar-refractivity contribution in [2.45, 2.75) is 19.9 Å². The van der Waals surface area contributed by atoms with Crippen LogP contribution in [0.5, 0.6) is 0 Å². The lowest BCUT2D eigenvalue weighted by molar-refractivity contribution is 0.882. The van der Waals surface area contributed by atoms with Gasteiger partial charge >= 0.3 is 0 Å². The molecule has 3 nitrogen and oxygen atoms in total. The minimum absolute atomic E-state index is 0.0942. The fourth-order valence-corrected chi connectivity index (χ4v) is 2.08. The van der Waals surface area contributed by atoms with Crippen molar-refractivity contribution < 1.29 is 0 Å². The molecule has 0 saturated carbocycles. The van der Waals surface area contributed by atoms with Crippen molar-refractivity contribution in [1.82, 2.24) is 0 Å². The fraction of sp³-hybridized carbons (Fsp3) is 0.188. The number of nitrogens with one attached hydrogen (secondary N) is 1. The smallest absolute Gasteiger partial charge is 0.101 e. The number of anilines is 2. The molecule has 0 aromatic heterocycles. The van der Waals surface area contributed by atoms with E-state index in [0.717, 1.165) is 22.5 Å². The predicted octanol–water partition coefficient (Wildman–Crippen LogP) is 3.62. The van der Waals surface area contributed by atoms with Gasteiger partial charge in [0.05, 0.1) is 11.3 Å². The Labute approximate surface area is 113 Å². The molecule has 19 heavy (non-hydrogen) atoms. The average Bonchev–Trinajstić information content (AvgIpc) is 2.41. The molecule has 0 bridgehead atoms. The lowest BCUT2D eigenvalue weighted by Gasteiger charge is -2.18. The van der Waals surface area contributed by atoms with Crippen LogP contribution in [0.4, 0.5) is 11.4 Å². The monoisotopic (exact) mass is 251 g/mol. The number of nitriles is 1. The van der Waals surface area contributed by atoms with E-state index >= 15 is 0 Å². The van der Waals surface area contributed by atoms with Crippen molar-refractivity contribution in [2.75, 3.05) is 11.1 Å². The van der Waals surface area contributed by atoms with Crippen LogP contribution in [0.3, 0.4) is 0 Å². The molecule has 1 atom stereocenters. The maximum atomic E-state index is 9.16. The second-order valence-corrected chi connectivity index (χ2v) is 4.65. The van der Waals surface area contributed by atoms with Gasteiger partial charge in [0.15, 0.2) is 0 Å². The van der Waals surface area contributed by atoms with Crippen LogP contribution in [-0.2, 0) is 0 Å². The Balaban J connectivity index is 2.29. The molecule has 0 aliphatic carbocycles.